The lowest BCUT2D eigenvalue weighted by Gasteiger charge is -2.37. The molecule has 1 saturated carbocycles. The predicted molar refractivity (Wildman–Crippen MR) is 124 cm³/mol. The van der Waals surface area contributed by atoms with E-state index in [-0.39, 0.29) is 11.4 Å². The number of dihydropyridines is 1. The summed E-state index contributed by atoms with van der Waals surface area (Å²) in [4.78, 5) is 29.2. The van der Waals surface area contributed by atoms with Crippen LogP contribution in [-0.4, -0.2) is 69.9 Å². The number of aliphatic imine (C=N–C) groups is 1. The first-order chi connectivity index (χ1) is 15.6. The molecule has 0 radical (unpaired) electrons. The molecule has 2 aromatic heterocycles. The van der Waals surface area contributed by atoms with Crippen molar-refractivity contribution in [1.29, 1.82) is 0 Å². The summed E-state index contributed by atoms with van der Waals surface area (Å²) in [6.07, 6.45) is 11.3. The number of anilines is 1. The van der Waals surface area contributed by atoms with Gasteiger partial charge in [-0.15, -0.1) is 0 Å². The van der Waals surface area contributed by atoms with Crippen LogP contribution in [0.2, 0.25) is 0 Å². The normalized spacial score (nSPS) is 26.8. The number of allylic oxidation sites excluding steroid dienone is 1. The Morgan fingerprint density at radius 1 is 1.19 bits per heavy atom. The number of nitrogens with zero attached hydrogens (tertiary/aromatic N) is 5. The Labute approximate surface area is 187 Å². The molecule has 0 aromatic carbocycles. The highest BCUT2D eigenvalue weighted by Gasteiger charge is 2.43. The van der Waals surface area contributed by atoms with E-state index in [2.05, 4.69) is 43.4 Å². The highest BCUT2D eigenvalue weighted by molar-refractivity contribution is 5.99. The van der Waals surface area contributed by atoms with E-state index in [0.29, 0.717) is 18.2 Å². The first kappa shape index (κ1) is 19.7. The molecule has 9 heteroatoms. The largest absolute Gasteiger partial charge is 0.368 e. The Bertz CT molecular complexity index is 1120. The second kappa shape index (κ2) is 7.30. The van der Waals surface area contributed by atoms with Crippen molar-refractivity contribution >= 4 is 29.1 Å². The number of piperazine rings is 1. The van der Waals surface area contributed by atoms with Gasteiger partial charge in [0.15, 0.2) is 0 Å². The molecular weight excluding hydrogens is 404 g/mol. The maximum Gasteiger partial charge on any atom is 0.268 e. The topological polar surface area (TPSA) is 99.5 Å². The highest BCUT2D eigenvalue weighted by Crippen LogP contribution is 2.41. The molecule has 1 saturated heterocycles. The Morgan fingerprint density at radius 3 is 2.75 bits per heavy atom. The lowest BCUT2D eigenvalue weighted by Crippen LogP contribution is -2.50. The summed E-state index contributed by atoms with van der Waals surface area (Å²) in [5.74, 6) is 0.528. The SMILES string of the molecule is CC1(Nc2ncc3cc4n(c3n2)C2(CCCC2)CNC4=O)CC=C(N2CCNCC2)C=N1. The first-order valence-electron chi connectivity index (χ1n) is 11.7. The summed E-state index contributed by atoms with van der Waals surface area (Å²) in [6, 6.07) is 1.93. The third-order valence-electron chi connectivity index (χ3n) is 7.41. The first-order valence-corrected chi connectivity index (χ1v) is 11.7. The highest BCUT2D eigenvalue weighted by atomic mass is 16.2. The van der Waals surface area contributed by atoms with Crippen molar-refractivity contribution in [3.05, 3.63) is 29.7 Å². The minimum Gasteiger partial charge on any atom is -0.368 e. The van der Waals surface area contributed by atoms with Crippen LogP contribution in [0.15, 0.2) is 29.0 Å². The smallest absolute Gasteiger partial charge is 0.268 e. The van der Waals surface area contributed by atoms with E-state index >= 15 is 0 Å². The summed E-state index contributed by atoms with van der Waals surface area (Å²) in [5, 5.41) is 10.8. The average molecular weight is 435 g/mol. The van der Waals surface area contributed by atoms with Crippen molar-refractivity contribution in [3.8, 4) is 0 Å². The van der Waals surface area contributed by atoms with Gasteiger partial charge < -0.3 is 25.4 Å². The molecule has 5 heterocycles. The van der Waals surface area contributed by atoms with E-state index in [1.807, 2.05) is 18.5 Å². The van der Waals surface area contributed by atoms with Gasteiger partial charge in [0.05, 0.1) is 11.2 Å². The second-order valence-corrected chi connectivity index (χ2v) is 9.68. The fourth-order valence-corrected chi connectivity index (χ4v) is 5.62. The summed E-state index contributed by atoms with van der Waals surface area (Å²) in [6.45, 7) is 6.79. The third-order valence-corrected chi connectivity index (χ3v) is 7.41. The van der Waals surface area contributed by atoms with E-state index in [9.17, 15) is 4.79 Å². The summed E-state index contributed by atoms with van der Waals surface area (Å²) < 4.78 is 2.19. The minimum absolute atomic E-state index is 0.0237. The van der Waals surface area contributed by atoms with Gasteiger partial charge in [0.25, 0.3) is 5.91 Å². The molecule has 6 rings (SSSR count). The molecule has 2 aromatic rings. The number of hydrogen-bond donors (Lipinski definition) is 3. The van der Waals surface area contributed by atoms with Crippen molar-refractivity contribution in [2.24, 2.45) is 4.99 Å². The van der Waals surface area contributed by atoms with Gasteiger partial charge in [-0.25, -0.2) is 4.98 Å². The molecule has 4 aliphatic rings. The van der Waals surface area contributed by atoms with Crippen LogP contribution in [0, 0.1) is 0 Å². The van der Waals surface area contributed by atoms with Gasteiger partial charge >= 0.3 is 0 Å². The van der Waals surface area contributed by atoms with Gasteiger partial charge in [-0.3, -0.25) is 9.79 Å². The third kappa shape index (κ3) is 3.18. The zero-order valence-electron chi connectivity index (χ0n) is 18.5. The Balaban J connectivity index is 1.29. The van der Waals surface area contributed by atoms with Crippen LogP contribution in [0.5, 0.6) is 0 Å². The molecule has 168 valence electrons. The fourth-order valence-electron chi connectivity index (χ4n) is 5.62. The molecule has 1 amide bonds. The maximum absolute atomic E-state index is 12.6. The summed E-state index contributed by atoms with van der Waals surface area (Å²) in [5.41, 5.74) is 2.17. The number of nitrogens with one attached hydrogen (secondary N) is 3. The number of aromatic nitrogens is 3. The summed E-state index contributed by atoms with van der Waals surface area (Å²) >= 11 is 0. The molecule has 1 atom stereocenters. The Kier molecular flexibility index (Phi) is 4.50. The minimum atomic E-state index is -0.495. The monoisotopic (exact) mass is 434 g/mol. The zero-order valence-corrected chi connectivity index (χ0v) is 18.5. The van der Waals surface area contributed by atoms with Crippen LogP contribution in [0.3, 0.4) is 0 Å². The number of hydrogen-bond acceptors (Lipinski definition) is 7. The number of fused-ring (bicyclic) bond motifs is 4. The van der Waals surface area contributed by atoms with Gasteiger partial charge in [0.2, 0.25) is 5.95 Å². The maximum atomic E-state index is 12.6. The van der Waals surface area contributed by atoms with E-state index in [1.54, 1.807) is 0 Å². The molecule has 1 aliphatic carbocycles. The van der Waals surface area contributed by atoms with Gasteiger partial charge in [0, 0.05) is 56.9 Å². The number of carbonyl (C=O) groups is 1. The summed E-state index contributed by atoms with van der Waals surface area (Å²) in [7, 11) is 0. The lowest BCUT2D eigenvalue weighted by molar-refractivity contribution is 0.0876. The van der Waals surface area contributed by atoms with Gasteiger partial charge in [-0.1, -0.05) is 18.9 Å². The molecule has 2 fully saturated rings. The molecule has 32 heavy (non-hydrogen) atoms. The van der Waals surface area contributed by atoms with Crippen molar-refractivity contribution in [3.63, 3.8) is 0 Å². The van der Waals surface area contributed by atoms with E-state index in [0.717, 1.165) is 56.5 Å². The molecule has 9 nitrogen and oxygen atoms in total. The van der Waals surface area contributed by atoms with Crippen LogP contribution in [0.25, 0.3) is 11.0 Å². The van der Waals surface area contributed by atoms with Crippen molar-refractivity contribution < 1.29 is 4.79 Å². The van der Waals surface area contributed by atoms with E-state index in [1.165, 1.54) is 18.5 Å². The van der Waals surface area contributed by atoms with Crippen LogP contribution in [0.4, 0.5) is 5.95 Å². The Morgan fingerprint density at radius 2 is 2.00 bits per heavy atom. The molecule has 0 bridgehead atoms. The molecule has 1 unspecified atom stereocenters. The fraction of sp³-hybridized carbons (Fsp3) is 0.565. The van der Waals surface area contributed by atoms with Crippen LogP contribution >= 0.6 is 0 Å². The number of amides is 1. The molecular formula is C23H30N8O. The average Bonchev–Trinajstić information content (AvgIpc) is 3.43. The van der Waals surface area contributed by atoms with Gasteiger partial charge in [-0.05, 0) is 25.8 Å². The van der Waals surface area contributed by atoms with Gasteiger partial charge in [0.1, 0.15) is 17.0 Å². The zero-order chi connectivity index (χ0) is 21.8. The van der Waals surface area contributed by atoms with Crippen LogP contribution in [-0.2, 0) is 5.54 Å². The molecule has 1 spiro atoms. The standard InChI is InChI=1S/C23H30N8O/c1-22(7-4-17(14-27-22)30-10-8-24-9-11-30)29-21-25-13-16-12-18-20(32)26-15-23(5-2-3-6-23)31(18)19(16)28-21/h4,12-14,24H,2-3,5-11,15H2,1H3,(H,26,32)(H,25,28,29). The van der Waals surface area contributed by atoms with Crippen LogP contribution in [0.1, 0.15) is 49.5 Å². The van der Waals surface area contributed by atoms with Crippen molar-refractivity contribution in [1.82, 2.24) is 30.1 Å². The second-order valence-electron chi connectivity index (χ2n) is 9.68. The number of rotatable bonds is 3. The van der Waals surface area contributed by atoms with E-state index in [4.69, 9.17) is 9.98 Å². The lowest BCUT2D eigenvalue weighted by atomic mass is 9.94. The Hall–Kier alpha value is -2.94. The number of carbonyl (C=O) groups excluding carboxylic acids is 1. The van der Waals surface area contributed by atoms with Crippen molar-refractivity contribution in [2.45, 2.75) is 50.2 Å². The van der Waals surface area contributed by atoms with Crippen molar-refractivity contribution in [2.75, 3.05) is 38.0 Å². The molecule has 3 N–H and O–H groups in total. The van der Waals surface area contributed by atoms with E-state index < -0.39 is 5.66 Å². The van der Waals surface area contributed by atoms with Crippen LogP contribution < -0.4 is 16.0 Å². The quantitative estimate of drug-likeness (QED) is 0.682. The van der Waals surface area contributed by atoms with Gasteiger partial charge in [-0.2, -0.15) is 4.98 Å². The predicted octanol–water partition coefficient (Wildman–Crippen LogP) is 1.84. The molecule has 3 aliphatic heterocycles.